The molecule has 4 nitrogen and oxygen atoms in total. The summed E-state index contributed by atoms with van der Waals surface area (Å²) in [4.78, 5) is 27.4. The molecule has 4 rings (SSSR count). The number of halogens is 2. The van der Waals surface area contributed by atoms with Gasteiger partial charge < -0.3 is 10.0 Å². The number of aliphatic hydroxyl groups is 1. The first kappa shape index (κ1) is 21.3. The van der Waals surface area contributed by atoms with Gasteiger partial charge in [-0.25, -0.2) is 0 Å². The van der Waals surface area contributed by atoms with Gasteiger partial charge in [-0.2, -0.15) is 0 Å². The highest BCUT2D eigenvalue weighted by atomic mass is 35.5. The van der Waals surface area contributed by atoms with Crippen molar-refractivity contribution in [3.8, 4) is 0 Å². The number of nitrogens with zero attached hydrogens (tertiary/aromatic N) is 1. The van der Waals surface area contributed by atoms with E-state index in [9.17, 15) is 14.7 Å². The second-order valence-corrected chi connectivity index (χ2v) is 8.24. The van der Waals surface area contributed by atoms with Crippen LogP contribution in [0.1, 0.15) is 23.1 Å². The van der Waals surface area contributed by atoms with Crippen LogP contribution in [0.4, 0.5) is 5.69 Å². The molecule has 0 bridgehead atoms. The number of carbonyl (C=O) groups excluding carboxylic acids is 2. The van der Waals surface area contributed by atoms with Crippen molar-refractivity contribution < 1.29 is 14.7 Å². The lowest BCUT2D eigenvalue weighted by molar-refractivity contribution is -0.140. The molecule has 0 aromatic heterocycles. The predicted molar refractivity (Wildman–Crippen MR) is 123 cm³/mol. The van der Waals surface area contributed by atoms with E-state index < -0.39 is 11.5 Å². The molecule has 3 aromatic rings. The minimum Gasteiger partial charge on any atom is -0.375 e. The zero-order chi connectivity index (χ0) is 22.0. The fourth-order valence-corrected chi connectivity index (χ4v) is 4.08. The van der Waals surface area contributed by atoms with Gasteiger partial charge in [-0.3, -0.25) is 9.59 Å². The Labute approximate surface area is 190 Å². The van der Waals surface area contributed by atoms with Crippen LogP contribution in [0.5, 0.6) is 0 Å². The summed E-state index contributed by atoms with van der Waals surface area (Å²) >= 11 is 12.4. The van der Waals surface area contributed by atoms with E-state index in [1.807, 2.05) is 42.5 Å². The lowest BCUT2D eigenvalue weighted by atomic mass is 9.89. The molecule has 1 unspecified atom stereocenters. The molecule has 0 aliphatic carbocycles. The normalized spacial score (nSPS) is 17.9. The molecule has 1 aliphatic rings. The number of hydrogen-bond acceptors (Lipinski definition) is 3. The molecule has 0 spiro atoms. The van der Waals surface area contributed by atoms with Gasteiger partial charge in [0, 0.05) is 15.6 Å². The number of ketones is 1. The predicted octanol–water partition coefficient (Wildman–Crippen LogP) is 5.40. The Bertz CT molecular complexity index is 1180. The number of carbonyl (C=O) groups is 2. The lowest BCUT2D eigenvalue weighted by Crippen LogP contribution is -2.41. The standard InChI is InChI=1S/C25H19Cl2NO3/c26-19-11-13-23-21(14-19)25(31,15-20(29)12-10-17-6-2-1-3-7-17)24(30)28(23)16-18-8-4-5-9-22(18)27/h1-14,31H,15-16H2. The number of amides is 1. The summed E-state index contributed by atoms with van der Waals surface area (Å²) in [6.45, 7) is 0.170. The van der Waals surface area contributed by atoms with Gasteiger partial charge in [0.25, 0.3) is 5.91 Å². The van der Waals surface area contributed by atoms with Crippen molar-refractivity contribution in [3.63, 3.8) is 0 Å². The second-order valence-electron chi connectivity index (χ2n) is 7.39. The number of fused-ring (bicyclic) bond motifs is 1. The molecule has 0 saturated carbocycles. The molecule has 1 heterocycles. The summed E-state index contributed by atoms with van der Waals surface area (Å²) in [6, 6.07) is 21.4. The van der Waals surface area contributed by atoms with Gasteiger partial charge in [0.2, 0.25) is 0 Å². The van der Waals surface area contributed by atoms with Crippen LogP contribution >= 0.6 is 23.2 Å². The highest BCUT2D eigenvalue weighted by Crippen LogP contribution is 2.44. The van der Waals surface area contributed by atoms with Crippen LogP contribution in [-0.4, -0.2) is 16.8 Å². The summed E-state index contributed by atoms with van der Waals surface area (Å²) in [5.74, 6) is -0.948. The van der Waals surface area contributed by atoms with Gasteiger partial charge in [0.1, 0.15) is 0 Å². The van der Waals surface area contributed by atoms with E-state index in [1.165, 1.54) is 17.0 Å². The summed E-state index contributed by atoms with van der Waals surface area (Å²) in [5, 5.41) is 12.3. The third kappa shape index (κ3) is 4.28. The maximum Gasteiger partial charge on any atom is 0.264 e. The largest absolute Gasteiger partial charge is 0.375 e. The molecule has 0 radical (unpaired) electrons. The van der Waals surface area contributed by atoms with Gasteiger partial charge in [0.15, 0.2) is 11.4 Å². The molecule has 0 saturated heterocycles. The highest BCUT2D eigenvalue weighted by Gasteiger charge is 2.50. The molecule has 6 heteroatoms. The van der Waals surface area contributed by atoms with Crippen molar-refractivity contribution in [2.75, 3.05) is 4.90 Å². The first-order valence-corrected chi connectivity index (χ1v) is 10.5. The van der Waals surface area contributed by atoms with Crippen LogP contribution in [-0.2, 0) is 21.7 Å². The maximum atomic E-state index is 13.3. The van der Waals surface area contributed by atoms with Crippen molar-refractivity contribution in [2.24, 2.45) is 0 Å². The molecule has 3 aromatic carbocycles. The Balaban J connectivity index is 1.65. The number of rotatable bonds is 6. The van der Waals surface area contributed by atoms with Crippen molar-refractivity contribution in [1.29, 1.82) is 0 Å². The van der Waals surface area contributed by atoms with E-state index in [-0.39, 0.29) is 18.7 Å². The summed E-state index contributed by atoms with van der Waals surface area (Å²) in [7, 11) is 0. The second kappa shape index (κ2) is 8.67. The number of hydrogen-bond donors (Lipinski definition) is 1. The van der Waals surface area contributed by atoms with Gasteiger partial charge in [-0.05, 0) is 41.5 Å². The van der Waals surface area contributed by atoms with Gasteiger partial charge in [0.05, 0.1) is 18.7 Å². The Hall–Kier alpha value is -2.92. The minimum absolute atomic E-state index is 0.170. The number of allylic oxidation sites excluding steroid dienone is 1. The Morgan fingerprint density at radius 2 is 1.71 bits per heavy atom. The molecular weight excluding hydrogens is 433 g/mol. The lowest BCUT2D eigenvalue weighted by Gasteiger charge is -2.22. The molecule has 1 amide bonds. The quantitative estimate of drug-likeness (QED) is 0.510. The highest BCUT2D eigenvalue weighted by molar-refractivity contribution is 6.31. The average Bonchev–Trinajstić information content (AvgIpc) is 2.96. The molecule has 0 fully saturated rings. The first-order chi connectivity index (χ1) is 14.9. The third-order valence-corrected chi connectivity index (χ3v) is 5.88. The number of anilines is 1. The van der Waals surface area contributed by atoms with Crippen molar-refractivity contribution in [2.45, 2.75) is 18.6 Å². The summed E-state index contributed by atoms with van der Waals surface area (Å²) in [5.41, 5.74) is 0.414. The molecular formula is C25H19Cl2NO3. The van der Waals surface area contributed by atoms with E-state index in [4.69, 9.17) is 23.2 Å². The van der Waals surface area contributed by atoms with E-state index >= 15 is 0 Å². The zero-order valence-corrected chi connectivity index (χ0v) is 18.0. The van der Waals surface area contributed by atoms with Crippen LogP contribution in [0.15, 0.2) is 78.9 Å². The third-order valence-electron chi connectivity index (χ3n) is 5.27. The van der Waals surface area contributed by atoms with Gasteiger partial charge in [-0.1, -0.05) is 77.8 Å². The monoisotopic (exact) mass is 451 g/mol. The summed E-state index contributed by atoms with van der Waals surface area (Å²) < 4.78 is 0. The SMILES string of the molecule is O=C(C=Cc1ccccc1)CC1(O)C(=O)N(Cc2ccccc2Cl)c2ccc(Cl)cc21. The minimum atomic E-state index is -2.00. The Morgan fingerprint density at radius 1 is 1.00 bits per heavy atom. The first-order valence-electron chi connectivity index (χ1n) is 9.72. The van der Waals surface area contributed by atoms with E-state index in [2.05, 4.69) is 0 Å². The van der Waals surface area contributed by atoms with E-state index in [1.54, 1.807) is 30.3 Å². The van der Waals surface area contributed by atoms with E-state index in [0.717, 1.165) is 11.1 Å². The van der Waals surface area contributed by atoms with Gasteiger partial charge >= 0.3 is 0 Å². The fourth-order valence-electron chi connectivity index (χ4n) is 3.71. The average molecular weight is 452 g/mol. The summed E-state index contributed by atoms with van der Waals surface area (Å²) in [6.07, 6.45) is 2.65. The Kier molecular flexibility index (Phi) is 5.96. The molecule has 1 atom stereocenters. The maximum absolute atomic E-state index is 13.3. The number of benzene rings is 3. The van der Waals surface area contributed by atoms with Crippen LogP contribution < -0.4 is 4.90 Å². The molecule has 31 heavy (non-hydrogen) atoms. The van der Waals surface area contributed by atoms with E-state index in [0.29, 0.717) is 21.3 Å². The van der Waals surface area contributed by atoms with Crippen LogP contribution in [0.25, 0.3) is 6.08 Å². The Morgan fingerprint density at radius 3 is 2.45 bits per heavy atom. The fraction of sp³-hybridized carbons (Fsp3) is 0.120. The topological polar surface area (TPSA) is 57.6 Å². The molecule has 156 valence electrons. The van der Waals surface area contributed by atoms with Crippen LogP contribution in [0, 0.1) is 0 Å². The zero-order valence-electron chi connectivity index (χ0n) is 16.5. The van der Waals surface area contributed by atoms with Gasteiger partial charge in [-0.15, -0.1) is 0 Å². The van der Waals surface area contributed by atoms with Crippen molar-refractivity contribution in [3.05, 3.63) is 106 Å². The van der Waals surface area contributed by atoms with Crippen LogP contribution in [0.2, 0.25) is 10.0 Å². The van der Waals surface area contributed by atoms with Crippen molar-refractivity contribution >= 4 is 46.7 Å². The van der Waals surface area contributed by atoms with Crippen molar-refractivity contribution in [1.82, 2.24) is 0 Å². The van der Waals surface area contributed by atoms with Crippen LogP contribution in [0.3, 0.4) is 0 Å². The molecule has 1 N–H and O–H groups in total. The molecule has 1 aliphatic heterocycles. The smallest absolute Gasteiger partial charge is 0.264 e.